The van der Waals surface area contributed by atoms with E-state index in [0.29, 0.717) is 24.1 Å². The summed E-state index contributed by atoms with van der Waals surface area (Å²) >= 11 is 0. The highest BCUT2D eigenvalue weighted by atomic mass is 19.4. The van der Waals surface area contributed by atoms with Crippen LogP contribution in [0.4, 0.5) is 18.0 Å². The van der Waals surface area contributed by atoms with Crippen molar-refractivity contribution in [2.75, 3.05) is 13.1 Å². The van der Waals surface area contributed by atoms with E-state index in [1.54, 1.807) is 49.9 Å². The highest BCUT2D eigenvalue weighted by molar-refractivity contribution is 5.76. The maximum Gasteiger partial charge on any atom is 0.449 e. The monoisotopic (exact) mass is 383 g/mol. The Kier molecular flexibility index (Phi) is 5.10. The van der Waals surface area contributed by atoms with Gasteiger partial charge < -0.3 is 14.2 Å². The van der Waals surface area contributed by atoms with Gasteiger partial charge in [-0.3, -0.25) is 0 Å². The van der Waals surface area contributed by atoms with Crippen LogP contribution in [-0.4, -0.2) is 39.2 Å². The lowest BCUT2D eigenvalue weighted by molar-refractivity contribution is -0.147. The fourth-order valence-corrected chi connectivity index (χ4v) is 3.44. The molecule has 1 atom stereocenters. The molecule has 2 aromatic rings. The molecule has 1 amide bonds. The molecule has 148 valence electrons. The Morgan fingerprint density at radius 1 is 1.26 bits per heavy atom. The number of hydrogen-bond donors (Lipinski definition) is 0. The first kappa shape index (κ1) is 19.5. The first-order valence-electron chi connectivity index (χ1n) is 9.05. The van der Waals surface area contributed by atoms with Gasteiger partial charge in [-0.1, -0.05) is 12.1 Å². The van der Waals surface area contributed by atoms with Gasteiger partial charge in [0.1, 0.15) is 5.60 Å². The molecule has 3 rings (SSSR count). The minimum atomic E-state index is -4.53. The van der Waals surface area contributed by atoms with Crippen molar-refractivity contribution in [3.05, 3.63) is 30.1 Å². The Hall–Kier alpha value is -2.25. The number of carbonyl (C=O) groups excluding carboxylic acids is 1. The van der Waals surface area contributed by atoms with Crippen molar-refractivity contribution in [1.82, 2.24) is 14.5 Å². The lowest BCUT2D eigenvalue weighted by Crippen LogP contribution is -2.43. The smallest absolute Gasteiger partial charge is 0.444 e. The summed E-state index contributed by atoms with van der Waals surface area (Å²) in [6.07, 6.45) is -3.46. The number of para-hydroxylation sites is 2. The number of ether oxygens (including phenoxy) is 1. The van der Waals surface area contributed by atoms with E-state index in [9.17, 15) is 18.0 Å². The van der Waals surface area contributed by atoms with E-state index in [1.165, 1.54) is 4.57 Å². The molecule has 1 aliphatic heterocycles. The molecule has 1 aliphatic rings. The predicted octanol–water partition coefficient (Wildman–Crippen LogP) is 4.70. The number of halogens is 3. The maximum absolute atomic E-state index is 13.5. The molecule has 1 fully saturated rings. The molecule has 8 heteroatoms. The molecule has 0 radical (unpaired) electrons. The number of nitrogens with zero attached hydrogens (tertiary/aromatic N) is 3. The van der Waals surface area contributed by atoms with E-state index in [1.807, 2.05) is 0 Å². The van der Waals surface area contributed by atoms with Gasteiger partial charge in [0, 0.05) is 19.6 Å². The average molecular weight is 383 g/mol. The largest absolute Gasteiger partial charge is 0.449 e. The van der Waals surface area contributed by atoms with E-state index in [2.05, 4.69) is 4.98 Å². The van der Waals surface area contributed by atoms with Crippen molar-refractivity contribution in [3.63, 3.8) is 0 Å². The quantitative estimate of drug-likeness (QED) is 0.755. The number of carbonyl (C=O) groups is 1. The molecular weight excluding hydrogens is 359 g/mol. The van der Waals surface area contributed by atoms with Crippen LogP contribution in [0.15, 0.2) is 24.3 Å². The Morgan fingerprint density at radius 2 is 1.96 bits per heavy atom. The van der Waals surface area contributed by atoms with E-state index in [0.717, 1.165) is 12.8 Å². The molecule has 0 spiro atoms. The summed E-state index contributed by atoms with van der Waals surface area (Å²) < 4.78 is 47.0. The van der Waals surface area contributed by atoms with Gasteiger partial charge in [-0.2, -0.15) is 13.2 Å². The predicted molar refractivity (Wildman–Crippen MR) is 95.3 cm³/mol. The standard InChI is InChI=1S/C19H24F3N3O2/c1-18(2,3)27-17(26)24-10-6-7-13(11-24)12-25-15-9-5-4-8-14(15)23-16(25)19(20,21)22/h4-5,8-9,13H,6-7,10-12H2,1-3H3/t13-/m0/s1. The number of aromatic nitrogens is 2. The Labute approximate surface area is 156 Å². The summed E-state index contributed by atoms with van der Waals surface area (Å²) in [5.74, 6) is -0.983. The van der Waals surface area contributed by atoms with Crippen LogP contribution in [0, 0.1) is 5.92 Å². The number of amides is 1. The zero-order chi connectivity index (χ0) is 19.8. The third-order valence-electron chi connectivity index (χ3n) is 4.52. The Balaban J connectivity index is 1.82. The molecule has 1 saturated heterocycles. The van der Waals surface area contributed by atoms with Crippen LogP contribution < -0.4 is 0 Å². The second-order valence-electron chi connectivity index (χ2n) is 7.97. The molecule has 0 unspecified atom stereocenters. The molecule has 5 nitrogen and oxygen atoms in total. The van der Waals surface area contributed by atoms with Gasteiger partial charge >= 0.3 is 12.3 Å². The van der Waals surface area contributed by atoms with Gasteiger partial charge in [0.15, 0.2) is 0 Å². The summed E-state index contributed by atoms with van der Waals surface area (Å²) in [5.41, 5.74) is 0.178. The Morgan fingerprint density at radius 3 is 2.63 bits per heavy atom. The van der Waals surface area contributed by atoms with Crippen LogP contribution >= 0.6 is 0 Å². The molecular formula is C19H24F3N3O2. The first-order valence-corrected chi connectivity index (χ1v) is 9.05. The van der Waals surface area contributed by atoms with Crippen LogP contribution in [0.5, 0.6) is 0 Å². The van der Waals surface area contributed by atoms with Crippen molar-refractivity contribution in [2.45, 2.75) is 51.9 Å². The van der Waals surface area contributed by atoms with Crippen LogP contribution in [0.2, 0.25) is 0 Å². The molecule has 2 heterocycles. The fraction of sp³-hybridized carbons (Fsp3) is 0.579. The van der Waals surface area contributed by atoms with E-state index >= 15 is 0 Å². The number of likely N-dealkylation sites (tertiary alicyclic amines) is 1. The number of alkyl halides is 3. The molecule has 1 aromatic heterocycles. The van der Waals surface area contributed by atoms with Crippen LogP contribution in [0.3, 0.4) is 0 Å². The number of hydrogen-bond acceptors (Lipinski definition) is 3. The second-order valence-corrected chi connectivity index (χ2v) is 7.97. The van der Waals surface area contributed by atoms with E-state index < -0.39 is 23.7 Å². The number of piperidine rings is 1. The second kappa shape index (κ2) is 7.05. The lowest BCUT2D eigenvalue weighted by atomic mass is 9.98. The summed E-state index contributed by atoms with van der Waals surface area (Å²) in [7, 11) is 0. The molecule has 0 bridgehead atoms. The molecule has 0 aliphatic carbocycles. The van der Waals surface area contributed by atoms with Crippen molar-refractivity contribution < 1.29 is 22.7 Å². The lowest BCUT2D eigenvalue weighted by Gasteiger charge is -2.34. The summed E-state index contributed by atoms with van der Waals surface area (Å²) in [6, 6.07) is 6.60. The van der Waals surface area contributed by atoms with E-state index in [-0.39, 0.29) is 12.5 Å². The molecule has 0 N–H and O–H groups in total. The topological polar surface area (TPSA) is 47.4 Å². The van der Waals surface area contributed by atoms with Crippen LogP contribution in [-0.2, 0) is 17.5 Å². The minimum absolute atomic E-state index is 0.0926. The number of imidazole rings is 1. The number of fused-ring (bicyclic) bond motifs is 1. The fourth-order valence-electron chi connectivity index (χ4n) is 3.44. The van der Waals surface area contributed by atoms with Gasteiger partial charge in [-0.05, 0) is 51.7 Å². The summed E-state index contributed by atoms with van der Waals surface area (Å²) in [6.45, 7) is 6.47. The first-order chi connectivity index (χ1) is 12.5. The number of benzene rings is 1. The van der Waals surface area contributed by atoms with Crippen LogP contribution in [0.1, 0.15) is 39.4 Å². The normalized spacial score (nSPS) is 18.7. The number of rotatable bonds is 2. The third kappa shape index (κ3) is 4.54. The highest BCUT2D eigenvalue weighted by Crippen LogP contribution is 2.33. The zero-order valence-electron chi connectivity index (χ0n) is 15.7. The van der Waals surface area contributed by atoms with Crippen molar-refractivity contribution in [1.29, 1.82) is 0 Å². The third-order valence-corrected chi connectivity index (χ3v) is 4.52. The van der Waals surface area contributed by atoms with Gasteiger partial charge in [0.25, 0.3) is 0 Å². The van der Waals surface area contributed by atoms with Gasteiger partial charge in [-0.15, -0.1) is 0 Å². The average Bonchev–Trinajstić information content (AvgIpc) is 2.93. The summed E-state index contributed by atoms with van der Waals surface area (Å²) in [5, 5.41) is 0. The molecule has 0 saturated carbocycles. The highest BCUT2D eigenvalue weighted by Gasteiger charge is 2.38. The van der Waals surface area contributed by atoms with Crippen molar-refractivity contribution >= 4 is 17.1 Å². The van der Waals surface area contributed by atoms with Gasteiger partial charge in [0.05, 0.1) is 11.0 Å². The van der Waals surface area contributed by atoms with Gasteiger partial charge in [0.2, 0.25) is 5.82 Å². The maximum atomic E-state index is 13.5. The molecule has 27 heavy (non-hydrogen) atoms. The van der Waals surface area contributed by atoms with Gasteiger partial charge in [-0.25, -0.2) is 9.78 Å². The SMILES string of the molecule is CC(C)(C)OC(=O)N1CCC[C@H](Cn2c(C(F)(F)F)nc3ccccc32)C1. The van der Waals surface area contributed by atoms with Crippen molar-refractivity contribution in [3.8, 4) is 0 Å². The Bertz CT molecular complexity index is 824. The van der Waals surface area contributed by atoms with Crippen molar-refractivity contribution in [2.24, 2.45) is 5.92 Å². The van der Waals surface area contributed by atoms with E-state index in [4.69, 9.17) is 4.74 Å². The summed E-state index contributed by atoms with van der Waals surface area (Å²) in [4.78, 5) is 17.7. The zero-order valence-corrected chi connectivity index (χ0v) is 15.7. The minimum Gasteiger partial charge on any atom is -0.444 e. The molecule has 1 aromatic carbocycles. The van der Waals surface area contributed by atoms with Crippen LogP contribution in [0.25, 0.3) is 11.0 Å².